The average molecular weight is 400 g/mol. The maximum Gasteiger partial charge on any atom is 0.240 e. The van der Waals surface area contributed by atoms with Crippen molar-refractivity contribution >= 4 is 17.5 Å². The zero-order valence-electron chi connectivity index (χ0n) is 15.5. The summed E-state index contributed by atoms with van der Waals surface area (Å²) in [6.45, 7) is 4.95. The number of hydrogen-bond donors (Lipinski definition) is 2. The second-order valence-electron chi connectivity index (χ2n) is 7.31. The third-order valence-corrected chi connectivity index (χ3v) is 5.67. The van der Waals surface area contributed by atoms with E-state index < -0.39 is 11.6 Å². The van der Waals surface area contributed by atoms with Crippen molar-refractivity contribution in [3.63, 3.8) is 0 Å². The summed E-state index contributed by atoms with van der Waals surface area (Å²) in [5.74, 6) is -0.612. The molecule has 1 amide bonds. The molecule has 6 nitrogen and oxygen atoms in total. The Balaban J connectivity index is 1.79. The molecular formula is C19H27ClFN3O3. The topological polar surface area (TPSA) is 76.8 Å². The van der Waals surface area contributed by atoms with Gasteiger partial charge in [0.2, 0.25) is 5.91 Å². The van der Waals surface area contributed by atoms with Crippen LogP contribution in [0, 0.1) is 5.82 Å². The molecule has 8 heteroatoms. The van der Waals surface area contributed by atoms with Crippen LogP contribution in [-0.2, 0) is 14.3 Å². The number of rotatable bonds is 5. The van der Waals surface area contributed by atoms with Crippen LogP contribution in [-0.4, -0.2) is 61.9 Å². The Morgan fingerprint density at radius 3 is 2.85 bits per heavy atom. The minimum Gasteiger partial charge on any atom is -0.381 e. The van der Waals surface area contributed by atoms with E-state index >= 15 is 0 Å². The quantitative estimate of drug-likeness (QED) is 0.790. The highest BCUT2D eigenvalue weighted by Gasteiger charge is 2.37. The molecule has 0 aromatic heterocycles. The number of benzene rings is 1. The number of amides is 1. The number of nitrogens with zero attached hydrogens (tertiary/aromatic N) is 1. The van der Waals surface area contributed by atoms with Crippen LogP contribution in [0.25, 0.3) is 0 Å². The standard InChI is InChI=1S/C19H27ClFN3O3/c1-13-12-24(7-10-27-13)16(17-14(20)3-2-4-15(17)21)11-23-18(25)19(22)5-8-26-9-6-19/h2-4,13,16H,5-12,22H2,1H3,(H,23,25). The molecule has 0 saturated carbocycles. The van der Waals surface area contributed by atoms with Crippen molar-refractivity contribution in [1.82, 2.24) is 10.2 Å². The number of carbonyl (C=O) groups is 1. The molecule has 3 rings (SSSR count). The fraction of sp³-hybridized carbons (Fsp3) is 0.632. The summed E-state index contributed by atoms with van der Waals surface area (Å²) < 4.78 is 25.5. The predicted octanol–water partition coefficient (Wildman–Crippen LogP) is 1.87. The van der Waals surface area contributed by atoms with Gasteiger partial charge in [0.15, 0.2) is 0 Å². The Hall–Kier alpha value is -1.25. The molecule has 2 aliphatic rings. The van der Waals surface area contributed by atoms with Crippen molar-refractivity contribution in [2.45, 2.75) is 37.5 Å². The largest absolute Gasteiger partial charge is 0.381 e. The summed E-state index contributed by atoms with van der Waals surface area (Å²) in [6.07, 6.45) is 0.968. The molecule has 0 bridgehead atoms. The van der Waals surface area contributed by atoms with E-state index in [2.05, 4.69) is 10.2 Å². The molecule has 0 spiro atoms. The van der Waals surface area contributed by atoms with Gasteiger partial charge in [0, 0.05) is 43.4 Å². The van der Waals surface area contributed by atoms with Crippen LogP contribution in [0.2, 0.25) is 5.02 Å². The molecule has 2 fully saturated rings. The lowest BCUT2D eigenvalue weighted by molar-refractivity contribution is -0.130. The lowest BCUT2D eigenvalue weighted by atomic mass is 9.90. The minimum atomic E-state index is -0.944. The van der Waals surface area contributed by atoms with Crippen LogP contribution in [0.3, 0.4) is 0 Å². The second-order valence-corrected chi connectivity index (χ2v) is 7.71. The summed E-state index contributed by atoms with van der Waals surface area (Å²) >= 11 is 6.32. The molecule has 2 atom stereocenters. The van der Waals surface area contributed by atoms with Crippen LogP contribution in [0.1, 0.15) is 31.4 Å². The Bertz CT molecular complexity index is 649. The Morgan fingerprint density at radius 2 is 2.19 bits per heavy atom. The second kappa shape index (κ2) is 8.84. The molecule has 1 aromatic carbocycles. The first-order chi connectivity index (χ1) is 12.9. The summed E-state index contributed by atoms with van der Waals surface area (Å²) in [5.41, 5.74) is 5.71. The van der Waals surface area contributed by atoms with Gasteiger partial charge in [-0.1, -0.05) is 17.7 Å². The highest BCUT2D eigenvalue weighted by atomic mass is 35.5. The van der Waals surface area contributed by atoms with Crippen LogP contribution >= 0.6 is 11.6 Å². The Morgan fingerprint density at radius 1 is 1.44 bits per heavy atom. The van der Waals surface area contributed by atoms with Gasteiger partial charge in [-0.25, -0.2) is 4.39 Å². The van der Waals surface area contributed by atoms with Gasteiger partial charge in [-0.05, 0) is 31.9 Å². The predicted molar refractivity (Wildman–Crippen MR) is 101 cm³/mol. The van der Waals surface area contributed by atoms with Gasteiger partial charge in [0.1, 0.15) is 5.82 Å². The van der Waals surface area contributed by atoms with E-state index in [-0.39, 0.29) is 24.4 Å². The van der Waals surface area contributed by atoms with Crippen LogP contribution in [0.15, 0.2) is 18.2 Å². The lowest BCUT2D eigenvalue weighted by Crippen LogP contribution is -2.58. The number of morpholine rings is 1. The van der Waals surface area contributed by atoms with Gasteiger partial charge in [-0.15, -0.1) is 0 Å². The summed E-state index contributed by atoms with van der Waals surface area (Å²) in [4.78, 5) is 14.8. The van der Waals surface area contributed by atoms with Crippen LogP contribution in [0.5, 0.6) is 0 Å². The van der Waals surface area contributed by atoms with Crippen molar-refractivity contribution < 1.29 is 18.7 Å². The molecule has 2 unspecified atom stereocenters. The fourth-order valence-electron chi connectivity index (χ4n) is 3.70. The first-order valence-corrected chi connectivity index (χ1v) is 9.73. The number of hydrogen-bond acceptors (Lipinski definition) is 5. The fourth-order valence-corrected chi connectivity index (χ4v) is 3.99. The summed E-state index contributed by atoms with van der Waals surface area (Å²) in [7, 11) is 0. The maximum absolute atomic E-state index is 14.6. The number of ether oxygens (including phenoxy) is 2. The van der Waals surface area contributed by atoms with Crippen LogP contribution < -0.4 is 11.1 Å². The normalized spacial score (nSPS) is 24.4. The van der Waals surface area contributed by atoms with Crippen molar-refractivity contribution in [3.05, 3.63) is 34.6 Å². The number of halogens is 2. The van der Waals surface area contributed by atoms with Crippen LogP contribution in [0.4, 0.5) is 4.39 Å². The summed E-state index contributed by atoms with van der Waals surface area (Å²) in [5, 5.41) is 3.28. The highest BCUT2D eigenvalue weighted by molar-refractivity contribution is 6.31. The molecule has 27 heavy (non-hydrogen) atoms. The zero-order valence-corrected chi connectivity index (χ0v) is 16.3. The van der Waals surface area contributed by atoms with Crippen molar-refractivity contribution in [3.8, 4) is 0 Å². The van der Waals surface area contributed by atoms with Gasteiger partial charge in [0.05, 0.1) is 24.3 Å². The number of nitrogens with two attached hydrogens (primary N) is 1. The molecule has 2 aliphatic heterocycles. The molecule has 150 valence electrons. The van der Waals surface area contributed by atoms with Crippen molar-refractivity contribution in [2.24, 2.45) is 5.73 Å². The van der Waals surface area contributed by atoms with Gasteiger partial charge < -0.3 is 20.5 Å². The van der Waals surface area contributed by atoms with Crippen molar-refractivity contribution in [1.29, 1.82) is 0 Å². The van der Waals surface area contributed by atoms with Gasteiger partial charge in [-0.2, -0.15) is 0 Å². The first kappa shape index (κ1) is 20.5. The molecule has 1 aromatic rings. The highest BCUT2D eigenvalue weighted by Crippen LogP contribution is 2.31. The number of carbonyl (C=O) groups excluding carboxylic acids is 1. The van der Waals surface area contributed by atoms with E-state index in [1.165, 1.54) is 6.07 Å². The maximum atomic E-state index is 14.6. The van der Waals surface area contributed by atoms with E-state index in [1.807, 2.05) is 6.92 Å². The number of nitrogens with one attached hydrogen (secondary N) is 1. The lowest BCUT2D eigenvalue weighted by Gasteiger charge is -2.39. The minimum absolute atomic E-state index is 0.0267. The average Bonchev–Trinajstić information content (AvgIpc) is 2.64. The van der Waals surface area contributed by atoms with E-state index in [0.29, 0.717) is 56.3 Å². The van der Waals surface area contributed by atoms with E-state index in [4.69, 9.17) is 26.8 Å². The van der Waals surface area contributed by atoms with E-state index in [0.717, 1.165) is 0 Å². The monoisotopic (exact) mass is 399 g/mol. The van der Waals surface area contributed by atoms with Crippen molar-refractivity contribution in [2.75, 3.05) is 39.5 Å². The Labute approximate surface area is 164 Å². The molecule has 0 radical (unpaired) electrons. The molecule has 2 saturated heterocycles. The van der Waals surface area contributed by atoms with Gasteiger partial charge >= 0.3 is 0 Å². The third-order valence-electron chi connectivity index (χ3n) is 5.34. The molecule has 3 N–H and O–H groups in total. The third kappa shape index (κ3) is 4.78. The van der Waals surface area contributed by atoms with E-state index in [1.54, 1.807) is 12.1 Å². The van der Waals surface area contributed by atoms with Gasteiger partial charge in [0.25, 0.3) is 0 Å². The molecule has 2 heterocycles. The summed E-state index contributed by atoms with van der Waals surface area (Å²) in [6, 6.07) is 4.25. The smallest absolute Gasteiger partial charge is 0.240 e. The van der Waals surface area contributed by atoms with Gasteiger partial charge in [-0.3, -0.25) is 9.69 Å². The van der Waals surface area contributed by atoms with E-state index in [9.17, 15) is 9.18 Å². The molecular weight excluding hydrogens is 373 g/mol. The SMILES string of the molecule is CC1CN(C(CNC(=O)C2(N)CCOCC2)c2c(F)cccc2Cl)CCO1. The molecule has 0 aliphatic carbocycles. The Kier molecular flexibility index (Phi) is 6.70. The zero-order chi connectivity index (χ0) is 19.4. The first-order valence-electron chi connectivity index (χ1n) is 9.35.